The van der Waals surface area contributed by atoms with Crippen molar-refractivity contribution in [3.63, 3.8) is 0 Å². The van der Waals surface area contributed by atoms with Gasteiger partial charge in [-0.15, -0.1) is 0 Å². The number of aliphatic hydroxyl groups is 1. The number of aromatic nitrogens is 1. The number of aliphatic hydroxyl groups excluding tert-OH is 1. The highest BCUT2D eigenvalue weighted by Crippen LogP contribution is 2.26. The largest absolute Gasteiger partial charge is 0.394 e. The van der Waals surface area contributed by atoms with Crippen LogP contribution in [0.4, 0.5) is 0 Å². The Morgan fingerprint density at radius 3 is 3.00 bits per heavy atom. The maximum absolute atomic E-state index is 9.78. The van der Waals surface area contributed by atoms with Crippen molar-refractivity contribution in [2.24, 2.45) is 0 Å². The maximum Gasteiger partial charge on any atom is 0.0839 e. The van der Waals surface area contributed by atoms with Crippen LogP contribution in [-0.4, -0.2) is 47.8 Å². The van der Waals surface area contributed by atoms with Gasteiger partial charge in [0, 0.05) is 25.8 Å². The first-order valence-electron chi connectivity index (χ1n) is 6.25. The van der Waals surface area contributed by atoms with Crippen molar-refractivity contribution in [1.29, 1.82) is 0 Å². The molecule has 17 heavy (non-hydrogen) atoms. The number of nitrogens with zero attached hydrogens (tertiary/aromatic N) is 2. The van der Waals surface area contributed by atoms with Gasteiger partial charge in [0.15, 0.2) is 0 Å². The van der Waals surface area contributed by atoms with Gasteiger partial charge in [-0.1, -0.05) is 6.07 Å². The van der Waals surface area contributed by atoms with Crippen LogP contribution in [0, 0.1) is 0 Å². The second-order valence-corrected chi connectivity index (χ2v) is 4.74. The summed E-state index contributed by atoms with van der Waals surface area (Å²) in [5.74, 6) is 0. The lowest BCUT2D eigenvalue weighted by atomic mass is 9.95. The summed E-state index contributed by atoms with van der Waals surface area (Å²) in [5, 5.41) is 13.2. The molecule has 0 spiro atoms. The second kappa shape index (κ2) is 5.58. The van der Waals surface area contributed by atoms with Crippen LogP contribution in [0.25, 0.3) is 0 Å². The van der Waals surface area contributed by atoms with E-state index in [4.69, 9.17) is 0 Å². The fraction of sp³-hybridized carbons (Fsp3) is 0.615. The average Bonchev–Trinajstić information content (AvgIpc) is 2.68. The van der Waals surface area contributed by atoms with Crippen LogP contribution in [0.3, 0.4) is 0 Å². The molecule has 1 aliphatic rings. The third-order valence-corrected chi connectivity index (χ3v) is 3.56. The molecule has 1 aromatic heterocycles. The van der Waals surface area contributed by atoms with Crippen molar-refractivity contribution in [2.75, 3.05) is 32.8 Å². The van der Waals surface area contributed by atoms with Gasteiger partial charge in [-0.3, -0.25) is 9.88 Å². The van der Waals surface area contributed by atoms with Gasteiger partial charge in [-0.2, -0.15) is 0 Å². The van der Waals surface area contributed by atoms with E-state index in [9.17, 15) is 5.11 Å². The van der Waals surface area contributed by atoms with Crippen molar-refractivity contribution >= 4 is 0 Å². The Hall–Kier alpha value is -0.970. The Kier molecular flexibility index (Phi) is 4.10. The zero-order chi connectivity index (χ0) is 12.1. The predicted octanol–water partition coefficient (Wildman–Crippen LogP) is 0.584. The zero-order valence-electron chi connectivity index (χ0n) is 10.4. The van der Waals surface area contributed by atoms with E-state index in [0.29, 0.717) is 0 Å². The zero-order valence-corrected chi connectivity index (χ0v) is 10.4. The molecule has 1 aromatic rings. The predicted molar refractivity (Wildman–Crippen MR) is 67.7 cm³/mol. The Bertz CT molecular complexity index is 336. The highest BCUT2D eigenvalue weighted by atomic mass is 16.3. The molecule has 0 amide bonds. The van der Waals surface area contributed by atoms with Crippen molar-refractivity contribution < 1.29 is 5.11 Å². The third-order valence-electron chi connectivity index (χ3n) is 3.56. The van der Waals surface area contributed by atoms with Gasteiger partial charge in [-0.05, 0) is 32.0 Å². The summed E-state index contributed by atoms with van der Waals surface area (Å²) in [5.41, 5.74) is 0.581. The molecule has 1 fully saturated rings. The lowest BCUT2D eigenvalue weighted by Gasteiger charge is -2.38. The summed E-state index contributed by atoms with van der Waals surface area (Å²) in [7, 11) is 0. The first-order valence-corrected chi connectivity index (χ1v) is 6.25. The van der Waals surface area contributed by atoms with Crippen molar-refractivity contribution in [3.8, 4) is 0 Å². The molecule has 0 aromatic carbocycles. The monoisotopic (exact) mass is 235 g/mol. The Labute approximate surface area is 103 Å². The smallest absolute Gasteiger partial charge is 0.0839 e. The Balaban J connectivity index is 2.23. The third kappa shape index (κ3) is 2.65. The number of nitrogens with one attached hydrogen (secondary N) is 1. The summed E-state index contributed by atoms with van der Waals surface area (Å²) in [6.45, 7) is 6.15. The van der Waals surface area contributed by atoms with Crippen molar-refractivity contribution in [1.82, 2.24) is 15.2 Å². The van der Waals surface area contributed by atoms with Gasteiger partial charge in [0.2, 0.25) is 0 Å². The molecule has 1 unspecified atom stereocenters. The molecule has 1 saturated heterocycles. The Morgan fingerprint density at radius 1 is 1.41 bits per heavy atom. The minimum Gasteiger partial charge on any atom is -0.394 e. The summed E-state index contributed by atoms with van der Waals surface area (Å²) in [4.78, 5) is 6.73. The summed E-state index contributed by atoms with van der Waals surface area (Å²) in [6.07, 6.45) is 2.90. The summed E-state index contributed by atoms with van der Waals surface area (Å²) >= 11 is 0. The molecule has 4 nitrogen and oxygen atoms in total. The summed E-state index contributed by atoms with van der Waals surface area (Å²) in [6, 6.07) is 5.88. The van der Waals surface area contributed by atoms with E-state index in [1.54, 1.807) is 6.20 Å². The topological polar surface area (TPSA) is 48.4 Å². The van der Waals surface area contributed by atoms with E-state index >= 15 is 0 Å². The molecule has 1 aliphatic heterocycles. The van der Waals surface area contributed by atoms with Gasteiger partial charge in [0.1, 0.15) is 0 Å². The van der Waals surface area contributed by atoms with E-state index in [1.807, 2.05) is 18.2 Å². The van der Waals surface area contributed by atoms with E-state index in [0.717, 1.165) is 38.3 Å². The average molecular weight is 235 g/mol. The molecule has 2 rings (SSSR count). The summed E-state index contributed by atoms with van der Waals surface area (Å²) < 4.78 is 0. The van der Waals surface area contributed by atoms with Crippen molar-refractivity contribution in [3.05, 3.63) is 30.1 Å². The second-order valence-electron chi connectivity index (χ2n) is 4.74. The number of pyridine rings is 1. The van der Waals surface area contributed by atoms with Gasteiger partial charge in [-0.25, -0.2) is 0 Å². The minimum absolute atomic E-state index is 0.101. The van der Waals surface area contributed by atoms with Crippen LogP contribution in [0.2, 0.25) is 0 Å². The van der Waals surface area contributed by atoms with Crippen LogP contribution in [0.15, 0.2) is 24.4 Å². The molecule has 1 atom stereocenters. The number of rotatable bonds is 3. The van der Waals surface area contributed by atoms with Gasteiger partial charge in [0.05, 0.1) is 17.8 Å². The molecular weight excluding hydrogens is 214 g/mol. The Morgan fingerprint density at radius 2 is 2.29 bits per heavy atom. The molecule has 0 aliphatic carbocycles. The van der Waals surface area contributed by atoms with Crippen LogP contribution in [0.1, 0.15) is 19.0 Å². The van der Waals surface area contributed by atoms with Gasteiger partial charge in [0.25, 0.3) is 0 Å². The van der Waals surface area contributed by atoms with E-state index < -0.39 is 0 Å². The molecule has 0 radical (unpaired) electrons. The lowest BCUT2D eigenvalue weighted by molar-refractivity contribution is 0.0419. The normalized spacial score (nSPS) is 21.8. The molecular formula is C13H21N3O. The standard InChI is InChI=1S/C13H21N3O/c1-13(11-17,12-5-2-3-7-15-12)16-9-4-6-14-8-10-16/h2-3,5,7,14,17H,4,6,8-11H2,1H3. The van der Waals surface area contributed by atoms with Crippen LogP contribution in [-0.2, 0) is 5.54 Å². The molecule has 2 N–H and O–H groups in total. The fourth-order valence-electron chi connectivity index (χ4n) is 2.36. The first-order chi connectivity index (χ1) is 8.27. The van der Waals surface area contributed by atoms with Crippen LogP contribution >= 0.6 is 0 Å². The van der Waals surface area contributed by atoms with E-state index in [2.05, 4.69) is 22.1 Å². The number of hydrogen-bond acceptors (Lipinski definition) is 4. The molecule has 94 valence electrons. The van der Waals surface area contributed by atoms with Gasteiger partial charge < -0.3 is 10.4 Å². The highest BCUT2D eigenvalue weighted by molar-refractivity contribution is 5.15. The molecule has 0 bridgehead atoms. The molecule has 2 heterocycles. The van der Waals surface area contributed by atoms with Gasteiger partial charge >= 0.3 is 0 Å². The molecule has 4 heteroatoms. The molecule has 0 saturated carbocycles. The van der Waals surface area contributed by atoms with E-state index in [-0.39, 0.29) is 12.1 Å². The lowest BCUT2D eigenvalue weighted by Crippen LogP contribution is -2.48. The number of hydrogen-bond donors (Lipinski definition) is 2. The quantitative estimate of drug-likeness (QED) is 0.805. The van der Waals surface area contributed by atoms with E-state index in [1.165, 1.54) is 0 Å². The maximum atomic E-state index is 9.78. The first kappa shape index (κ1) is 12.5. The highest BCUT2D eigenvalue weighted by Gasteiger charge is 2.34. The van der Waals surface area contributed by atoms with Crippen molar-refractivity contribution in [2.45, 2.75) is 18.9 Å². The fourth-order valence-corrected chi connectivity index (χ4v) is 2.36. The van der Waals surface area contributed by atoms with Crippen LogP contribution < -0.4 is 5.32 Å². The minimum atomic E-state index is -0.368. The SMILES string of the molecule is CC(CO)(c1ccccn1)N1CCCNCC1. The van der Waals surface area contributed by atoms with Crippen LogP contribution in [0.5, 0.6) is 0 Å².